The molecule has 0 unspecified atom stereocenters. The third-order valence-electron chi connectivity index (χ3n) is 4.69. The van der Waals surface area contributed by atoms with Crippen molar-refractivity contribution in [3.63, 3.8) is 0 Å². The number of hydrogen-bond acceptors (Lipinski definition) is 6. The number of hydrogen-bond donors (Lipinski definition) is 2. The van der Waals surface area contributed by atoms with Crippen molar-refractivity contribution in [2.45, 2.75) is 25.3 Å². The molecule has 7 heteroatoms. The molecule has 1 aliphatic carbocycles. The summed E-state index contributed by atoms with van der Waals surface area (Å²) in [6.07, 6.45) is 4.52. The van der Waals surface area contributed by atoms with Crippen LogP contribution < -0.4 is 15.5 Å². The maximum atomic E-state index is 13.9. The van der Waals surface area contributed by atoms with E-state index in [0.717, 1.165) is 44.8 Å². The minimum Gasteiger partial charge on any atom is -0.378 e. The van der Waals surface area contributed by atoms with Gasteiger partial charge in [0.05, 0.1) is 19.4 Å². The fourth-order valence-electron chi connectivity index (χ4n) is 2.98. The maximum absolute atomic E-state index is 13.9. The molecule has 2 heterocycles. The van der Waals surface area contributed by atoms with E-state index in [-0.39, 0.29) is 5.82 Å². The summed E-state index contributed by atoms with van der Waals surface area (Å²) in [5, 5.41) is 6.28. The van der Waals surface area contributed by atoms with Crippen molar-refractivity contribution in [1.29, 1.82) is 0 Å². The SMILES string of the molecule is Fc1cnc(Nc2ccc(N3CCOCC3)cc2)nc1NC1CCC1. The van der Waals surface area contributed by atoms with E-state index in [9.17, 15) is 4.39 Å². The number of morpholine rings is 1. The molecule has 1 aromatic heterocycles. The van der Waals surface area contributed by atoms with Crippen LogP contribution in [0.2, 0.25) is 0 Å². The second-order valence-corrected chi connectivity index (χ2v) is 6.43. The zero-order chi connectivity index (χ0) is 17.1. The van der Waals surface area contributed by atoms with Gasteiger partial charge in [-0.05, 0) is 43.5 Å². The summed E-state index contributed by atoms with van der Waals surface area (Å²) in [5.74, 6) is 0.245. The number of rotatable bonds is 5. The number of nitrogens with one attached hydrogen (secondary N) is 2. The first-order chi connectivity index (χ1) is 12.3. The zero-order valence-corrected chi connectivity index (χ0v) is 14.0. The van der Waals surface area contributed by atoms with Crippen LogP contribution in [-0.4, -0.2) is 42.3 Å². The number of halogens is 1. The highest BCUT2D eigenvalue weighted by atomic mass is 19.1. The van der Waals surface area contributed by atoms with Crippen molar-refractivity contribution in [2.24, 2.45) is 0 Å². The number of aromatic nitrogens is 2. The Morgan fingerprint density at radius 3 is 2.56 bits per heavy atom. The average Bonchev–Trinajstić information content (AvgIpc) is 2.62. The van der Waals surface area contributed by atoms with Gasteiger partial charge in [0.25, 0.3) is 0 Å². The molecule has 0 amide bonds. The summed E-state index contributed by atoms with van der Waals surface area (Å²) in [6, 6.07) is 8.41. The Hall–Kier alpha value is -2.41. The first-order valence-corrected chi connectivity index (χ1v) is 8.77. The Morgan fingerprint density at radius 2 is 1.88 bits per heavy atom. The molecule has 0 atom stereocenters. The minimum absolute atomic E-state index is 0.270. The Morgan fingerprint density at radius 1 is 1.12 bits per heavy atom. The van der Waals surface area contributed by atoms with E-state index in [1.165, 1.54) is 18.3 Å². The summed E-state index contributed by atoms with van der Waals surface area (Å²) < 4.78 is 19.2. The highest BCUT2D eigenvalue weighted by Gasteiger charge is 2.19. The van der Waals surface area contributed by atoms with Gasteiger partial charge in [-0.2, -0.15) is 4.98 Å². The van der Waals surface area contributed by atoms with Crippen LogP contribution in [0, 0.1) is 5.82 Å². The lowest BCUT2D eigenvalue weighted by Gasteiger charge is -2.29. The van der Waals surface area contributed by atoms with Crippen molar-refractivity contribution in [3.8, 4) is 0 Å². The average molecular weight is 343 g/mol. The van der Waals surface area contributed by atoms with Gasteiger partial charge in [-0.15, -0.1) is 0 Å². The molecular weight excluding hydrogens is 321 g/mol. The van der Waals surface area contributed by atoms with Crippen molar-refractivity contribution >= 4 is 23.1 Å². The topological polar surface area (TPSA) is 62.3 Å². The monoisotopic (exact) mass is 343 g/mol. The first-order valence-electron chi connectivity index (χ1n) is 8.77. The standard InChI is InChI=1S/C18H22FN5O/c19-16-12-20-18(23-17(16)21-13-2-1-3-13)22-14-4-6-15(7-5-14)24-8-10-25-11-9-24/h4-7,12-13H,1-3,8-11H2,(H2,20,21,22,23). The summed E-state index contributed by atoms with van der Waals surface area (Å²) in [5.41, 5.74) is 2.04. The molecule has 2 aromatic rings. The van der Waals surface area contributed by atoms with E-state index in [1.54, 1.807) is 0 Å². The van der Waals surface area contributed by atoms with Gasteiger partial charge in [0, 0.05) is 30.5 Å². The summed E-state index contributed by atoms with van der Waals surface area (Å²) >= 11 is 0. The van der Waals surface area contributed by atoms with Gasteiger partial charge >= 0.3 is 0 Å². The van der Waals surface area contributed by atoms with E-state index in [4.69, 9.17) is 4.74 Å². The molecule has 1 saturated heterocycles. The minimum atomic E-state index is -0.417. The molecule has 6 nitrogen and oxygen atoms in total. The molecule has 25 heavy (non-hydrogen) atoms. The van der Waals surface area contributed by atoms with Crippen LogP contribution in [0.1, 0.15) is 19.3 Å². The molecule has 0 bridgehead atoms. The van der Waals surface area contributed by atoms with Crippen LogP contribution in [-0.2, 0) is 4.74 Å². The molecule has 132 valence electrons. The molecule has 1 aromatic carbocycles. The van der Waals surface area contributed by atoms with Crippen LogP contribution in [0.3, 0.4) is 0 Å². The van der Waals surface area contributed by atoms with Gasteiger partial charge in [0.1, 0.15) is 0 Å². The second-order valence-electron chi connectivity index (χ2n) is 6.43. The summed E-state index contributed by atoms with van der Waals surface area (Å²) in [4.78, 5) is 10.6. The van der Waals surface area contributed by atoms with Crippen LogP contribution in [0.4, 0.5) is 27.5 Å². The van der Waals surface area contributed by atoms with Gasteiger partial charge in [-0.1, -0.05) is 0 Å². The second kappa shape index (κ2) is 7.23. The third-order valence-corrected chi connectivity index (χ3v) is 4.69. The lowest BCUT2D eigenvalue weighted by atomic mass is 9.93. The third kappa shape index (κ3) is 3.82. The summed E-state index contributed by atoms with van der Waals surface area (Å²) in [7, 11) is 0. The maximum Gasteiger partial charge on any atom is 0.229 e. The van der Waals surface area contributed by atoms with Crippen LogP contribution in [0.15, 0.2) is 30.5 Å². The Labute approximate surface area is 146 Å². The quantitative estimate of drug-likeness (QED) is 0.870. The van der Waals surface area contributed by atoms with Crippen molar-refractivity contribution < 1.29 is 9.13 Å². The number of anilines is 4. The van der Waals surface area contributed by atoms with Gasteiger partial charge in [0.2, 0.25) is 5.95 Å². The fourth-order valence-corrected chi connectivity index (χ4v) is 2.98. The zero-order valence-electron chi connectivity index (χ0n) is 14.0. The van der Waals surface area contributed by atoms with Crippen LogP contribution in [0.25, 0.3) is 0 Å². The number of benzene rings is 1. The Bertz CT molecular complexity index is 714. The van der Waals surface area contributed by atoms with Crippen molar-refractivity contribution in [1.82, 2.24) is 9.97 Å². The highest BCUT2D eigenvalue weighted by molar-refractivity contribution is 5.60. The Balaban J connectivity index is 1.43. The molecule has 0 radical (unpaired) electrons. The number of nitrogens with zero attached hydrogens (tertiary/aromatic N) is 3. The van der Waals surface area contributed by atoms with Gasteiger partial charge in [0.15, 0.2) is 11.6 Å². The van der Waals surface area contributed by atoms with Crippen LogP contribution in [0.5, 0.6) is 0 Å². The van der Waals surface area contributed by atoms with Gasteiger partial charge in [-0.25, -0.2) is 9.37 Å². The molecule has 1 saturated carbocycles. The molecule has 4 rings (SSSR count). The fraction of sp³-hybridized carbons (Fsp3) is 0.444. The lowest BCUT2D eigenvalue weighted by molar-refractivity contribution is 0.122. The smallest absolute Gasteiger partial charge is 0.229 e. The summed E-state index contributed by atoms with van der Waals surface area (Å²) in [6.45, 7) is 3.34. The highest BCUT2D eigenvalue weighted by Crippen LogP contribution is 2.25. The van der Waals surface area contributed by atoms with Crippen molar-refractivity contribution in [3.05, 3.63) is 36.3 Å². The Kier molecular flexibility index (Phi) is 4.65. The van der Waals surface area contributed by atoms with Gasteiger partial charge in [-0.3, -0.25) is 0 Å². The van der Waals surface area contributed by atoms with Crippen molar-refractivity contribution in [2.75, 3.05) is 41.8 Å². The van der Waals surface area contributed by atoms with Crippen LogP contribution >= 0.6 is 0 Å². The van der Waals surface area contributed by atoms with E-state index in [0.29, 0.717) is 12.0 Å². The molecular formula is C18H22FN5O. The molecule has 2 aliphatic rings. The van der Waals surface area contributed by atoms with Gasteiger partial charge < -0.3 is 20.3 Å². The molecule has 2 N–H and O–H groups in total. The largest absolute Gasteiger partial charge is 0.378 e. The van der Waals surface area contributed by atoms with E-state index < -0.39 is 5.82 Å². The molecule has 2 fully saturated rings. The first kappa shape index (κ1) is 16.1. The normalized spacial score (nSPS) is 17.9. The predicted molar refractivity (Wildman–Crippen MR) is 96.0 cm³/mol. The van der Waals surface area contributed by atoms with E-state index in [1.807, 2.05) is 12.1 Å². The molecule has 1 aliphatic heterocycles. The van der Waals surface area contributed by atoms with E-state index in [2.05, 4.69) is 37.6 Å². The lowest BCUT2D eigenvalue weighted by Crippen LogP contribution is -2.36. The number of ether oxygens (including phenoxy) is 1. The predicted octanol–water partition coefficient (Wildman–Crippen LogP) is 3.16. The molecule has 0 spiro atoms. The van der Waals surface area contributed by atoms with E-state index >= 15 is 0 Å².